The topological polar surface area (TPSA) is 106 Å². The van der Waals surface area contributed by atoms with E-state index in [1.54, 1.807) is 30.1 Å². The Kier molecular flexibility index (Phi) is 5.93. The van der Waals surface area contributed by atoms with Gasteiger partial charge in [0.2, 0.25) is 0 Å². The Balaban J connectivity index is 1.54. The first-order chi connectivity index (χ1) is 17.3. The second-order valence-electron chi connectivity index (χ2n) is 9.18. The van der Waals surface area contributed by atoms with Gasteiger partial charge in [0.25, 0.3) is 12.3 Å². The number of aliphatic imine (C=N–C) groups is 1. The third-order valence-corrected chi connectivity index (χ3v) is 7.34. The van der Waals surface area contributed by atoms with Gasteiger partial charge in [-0.05, 0) is 24.3 Å². The Labute approximate surface area is 209 Å². The summed E-state index contributed by atoms with van der Waals surface area (Å²) in [5, 5.41) is 7.22. The number of hydrogen-bond donors (Lipinski definition) is 1. The zero-order valence-corrected chi connectivity index (χ0v) is 20.5. The molecule has 0 amide bonds. The monoisotopic (exact) mass is 535 g/mol. The van der Waals surface area contributed by atoms with Gasteiger partial charge in [-0.1, -0.05) is 6.07 Å². The fourth-order valence-corrected chi connectivity index (χ4v) is 5.09. The maximum atomic E-state index is 13.4. The number of aromatic nitrogens is 3. The van der Waals surface area contributed by atoms with Crippen molar-refractivity contribution in [2.45, 2.75) is 36.5 Å². The highest BCUT2D eigenvalue weighted by Crippen LogP contribution is 2.49. The first-order valence-electron chi connectivity index (χ1n) is 11.2. The molecule has 0 radical (unpaired) electrons. The standard InChI is InChI=1S/C24H21F4N5O3S/c1-33-6-5-15(32-33)12-3-4-16(21(7-12)37(2,35)36)30-17-8-13(9-20(34)14-11-24(14,27)28)29-18-10-19(23(25)26)31-22(17)18/h3-8,14,23H,9-11H2,1-2H3,(H,29,30)/t14-/m0/s1. The summed E-state index contributed by atoms with van der Waals surface area (Å²) in [5.41, 5.74) is 1.27. The number of rotatable bonds is 8. The lowest BCUT2D eigenvalue weighted by molar-refractivity contribution is -0.121. The SMILES string of the molecule is Cn1ccc(-c2ccc(Nc3cc(CC(=O)[C@@H]4CC4(F)F)nc4c3N=C(C(F)F)C4)c(S(C)(=O)=O)c2)n1. The summed E-state index contributed by atoms with van der Waals surface area (Å²) in [4.78, 5) is 20.4. The molecule has 1 aliphatic carbocycles. The minimum Gasteiger partial charge on any atom is -0.353 e. The van der Waals surface area contributed by atoms with Gasteiger partial charge in [-0.15, -0.1) is 0 Å². The molecule has 2 aromatic heterocycles. The number of carbonyl (C=O) groups excluding carboxylic acids is 1. The largest absolute Gasteiger partial charge is 0.353 e. The normalized spacial score (nSPS) is 18.0. The first-order valence-corrected chi connectivity index (χ1v) is 13.1. The van der Waals surface area contributed by atoms with Crippen LogP contribution in [-0.4, -0.2) is 53.3 Å². The third kappa shape index (κ3) is 4.99. The molecule has 37 heavy (non-hydrogen) atoms. The molecule has 1 aliphatic heterocycles. The Morgan fingerprint density at radius 1 is 1.22 bits per heavy atom. The van der Waals surface area contributed by atoms with Gasteiger partial charge >= 0.3 is 0 Å². The second kappa shape index (κ2) is 8.75. The maximum Gasteiger partial charge on any atom is 0.277 e. The molecule has 3 aromatic rings. The molecule has 1 fully saturated rings. The van der Waals surface area contributed by atoms with E-state index in [9.17, 15) is 30.8 Å². The number of hydrogen-bond acceptors (Lipinski definition) is 7. The Morgan fingerprint density at radius 2 is 1.95 bits per heavy atom. The average molecular weight is 536 g/mol. The number of fused-ring (bicyclic) bond motifs is 1. The summed E-state index contributed by atoms with van der Waals surface area (Å²) in [6.07, 6.45) is -1.33. The number of halogens is 4. The van der Waals surface area contributed by atoms with Crippen LogP contribution in [0.15, 0.2) is 46.4 Å². The van der Waals surface area contributed by atoms with Crippen molar-refractivity contribution in [2.24, 2.45) is 18.0 Å². The van der Waals surface area contributed by atoms with Crippen LogP contribution in [-0.2, 0) is 34.5 Å². The van der Waals surface area contributed by atoms with Gasteiger partial charge < -0.3 is 5.32 Å². The lowest BCUT2D eigenvalue weighted by Crippen LogP contribution is -2.13. The molecule has 1 N–H and O–H groups in total. The van der Waals surface area contributed by atoms with Crippen LogP contribution in [0, 0.1) is 5.92 Å². The van der Waals surface area contributed by atoms with Crippen molar-refractivity contribution in [3.8, 4) is 11.3 Å². The Hall–Kier alpha value is -3.61. The van der Waals surface area contributed by atoms with Crippen molar-refractivity contribution >= 4 is 38.4 Å². The number of sulfone groups is 1. The van der Waals surface area contributed by atoms with Crippen LogP contribution in [0.4, 0.5) is 34.6 Å². The van der Waals surface area contributed by atoms with E-state index in [0.29, 0.717) is 11.3 Å². The summed E-state index contributed by atoms with van der Waals surface area (Å²) in [5.74, 6) is -5.13. The van der Waals surface area contributed by atoms with E-state index in [1.807, 2.05) is 0 Å². The van der Waals surface area contributed by atoms with Crippen LogP contribution in [0.5, 0.6) is 0 Å². The summed E-state index contributed by atoms with van der Waals surface area (Å²) in [6, 6.07) is 7.67. The number of Topliss-reactive ketones (excluding diaryl/α,β-unsaturated/α-hetero) is 1. The molecule has 3 heterocycles. The minimum absolute atomic E-state index is 0.0764. The van der Waals surface area contributed by atoms with E-state index in [1.165, 1.54) is 18.2 Å². The van der Waals surface area contributed by atoms with Crippen molar-refractivity contribution in [1.82, 2.24) is 14.8 Å². The van der Waals surface area contributed by atoms with Gasteiger partial charge in [0.05, 0.1) is 45.0 Å². The van der Waals surface area contributed by atoms with Gasteiger partial charge in [0, 0.05) is 44.3 Å². The lowest BCUT2D eigenvalue weighted by atomic mass is 10.1. The third-order valence-electron chi connectivity index (χ3n) is 6.20. The van der Waals surface area contributed by atoms with Crippen LogP contribution in [0.3, 0.4) is 0 Å². The molecule has 13 heteroatoms. The van der Waals surface area contributed by atoms with E-state index in [2.05, 4.69) is 20.4 Å². The molecule has 5 rings (SSSR count). The summed E-state index contributed by atoms with van der Waals surface area (Å²) < 4.78 is 80.4. The fourth-order valence-electron chi connectivity index (χ4n) is 4.23. The van der Waals surface area contributed by atoms with Gasteiger partial charge in [-0.2, -0.15) is 5.10 Å². The smallest absolute Gasteiger partial charge is 0.277 e. The molecule has 1 atom stereocenters. The summed E-state index contributed by atoms with van der Waals surface area (Å²) in [7, 11) is -2.04. The molecule has 0 spiro atoms. The quantitative estimate of drug-likeness (QED) is 0.432. The maximum absolute atomic E-state index is 13.4. The van der Waals surface area contributed by atoms with Crippen molar-refractivity contribution in [1.29, 1.82) is 0 Å². The van der Waals surface area contributed by atoms with Crippen LogP contribution in [0.25, 0.3) is 11.3 Å². The summed E-state index contributed by atoms with van der Waals surface area (Å²) in [6.45, 7) is 0. The van der Waals surface area contributed by atoms with Crippen molar-refractivity contribution in [3.05, 3.63) is 47.9 Å². The van der Waals surface area contributed by atoms with E-state index in [0.717, 1.165) is 6.26 Å². The van der Waals surface area contributed by atoms with Crippen molar-refractivity contribution in [2.75, 3.05) is 11.6 Å². The minimum atomic E-state index is -3.77. The number of nitrogens with zero attached hydrogens (tertiary/aromatic N) is 4. The first kappa shape index (κ1) is 25.1. The van der Waals surface area contributed by atoms with Gasteiger partial charge in [0.15, 0.2) is 9.84 Å². The van der Waals surface area contributed by atoms with E-state index < -0.39 is 52.4 Å². The number of nitrogens with one attached hydrogen (secondary N) is 1. The van der Waals surface area contributed by atoms with Crippen molar-refractivity contribution in [3.63, 3.8) is 0 Å². The molecule has 0 saturated heterocycles. The number of ketones is 1. The van der Waals surface area contributed by atoms with E-state index >= 15 is 0 Å². The number of alkyl halides is 4. The molecule has 1 saturated carbocycles. The molecule has 0 unspecified atom stereocenters. The number of pyridine rings is 1. The van der Waals surface area contributed by atoms with Crippen LogP contribution < -0.4 is 5.32 Å². The highest BCUT2D eigenvalue weighted by molar-refractivity contribution is 7.90. The van der Waals surface area contributed by atoms with E-state index in [-0.39, 0.29) is 39.8 Å². The zero-order valence-electron chi connectivity index (χ0n) is 19.7. The summed E-state index contributed by atoms with van der Waals surface area (Å²) >= 11 is 0. The number of benzene rings is 1. The van der Waals surface area contributed by atoms with Gasteiger partial charge in [0.1, 0.15) is 11.5 Å². The number of aryl methyl sites for hydroxylation is 1. The van der Waals surface area contributed by atoms with Gasteiger partial charge in [-0.3, -0.25) is 14.5 Å². The van der Waals surface area contributed by atoms with Crippen LogP contribution >= 0.6 is 0 Å². The van der Waals surface area contributed by atoms with Gasteiger partial charge in [-0.25, -0.2) is 31.0 Å². The number of anilines is 2. The Bertz CT molecular complexity index is 1570. The van der Waals surface area contributed by atoms with Crippen LogP contribution in [0.1, 0.15) is 17.8 Å². The average Bonchev–Trinajstić information content (AvgIpc) is 3.14. The molecule has 1 aromatic carbocycles. The second-order valence-corrected chi connectivity index (χ2v) is 11.2. The van der Waals surface area contributed by atoms with E-state index in [4.69, 9.17) is 0 Å². The molecule has 194 valence electrons. The molecular formula is C24H21F4N5O3S. The lowest BCUT2D eigenvalue weighted by Gasteiger charge is -2.15. The predicted octanol–water partition coefficient (Wildman–Crippen LogP) is 4.29. The fraction of sp³-hybridized carbons (Fsp3) is 0.333. The number of carbonyl (C=O) groups is 1. The van der Waals surface area contributed by atoms with Crippen molar-refractivity contribution < 1.29 is 30.8 Å². The van der Waals surface area contributed by atoms with Crippen LogP contribution in [0.2, 0.25) is 0 Å². The highest BCUT2D eigenvalue weighted by atomic mass is 32.2. The predicted molar refractivity (Wildman–Crippen MR) is 128 cm³/mol. The molecule has 8 nitrogen and oxygen atoms in total. The molecular weight excluding hydrogens is 514 g/mol. The highest BCUT2D eigenvalue weighted by Gasteiger charge is 2.60. The Morgan fingerprint density at radius 3 is 2.54 bits per heavy atom. The molecule has 0 bridgehead atoms. The zero-order chi connectivity index (χ0) is 26.7. The molecule has 2 aliphatic rings.